The molecular weight excluding hydrogens is 585 g/mol. The third kappa shape index (κ3) is 7.23. The summed E-state index contributed by atoms with van der Waals surface area (Å²) in [6, 6.07) is 17.1. The van der Waals surface area contributed by atoms with Crippen LogP contribution in [0.5, 0.6) is 5.75 Å². The first kappa shape index (κ1) is 29.2. The number of nitrogens with zero attached hydrogens (tertiary/aromatic N) is 1. The average molecular weight is 613 g/mol. The zero-order chi connectivity index (χ0) is 28.2. The number of nitrogens with one attached hydrogen (secondary N) is 2. The quantitative estimate of drug-likeness (QED) is 0.352. The lowest BCUT2D eigenvalue weighted by molar-refractivity contribution is -0.120. The maximum Gasteiger partial charge on any atom is 0.261 e. The Labute approximate surface area is 238 Å². The molecule has 1 aliphatic rings. The molecule has 1 heterocycles. The monoisotopic (exact) mass is 611 g/mol. The number of ether oxygens (including phenoxy) is 1. The van der Waals surface area contributed by atoms with Crippen LogP contribution < -0.4 is 14.8 Å². The second-order valence-electron chi connectivity index (χ2n) is 8.98. The number of amides is 1. The fraction of sp³-hybridized carbons (Fsp3) is 0.269. The highest BCUT2D eigenvalue weighted by molar-refractivity contribution is 7.92. The van der Waals surface area contributed by atoms with E-state index in [0.29, 0.717) is 35.5 Å². The van der Waals surface area contributed by atoms with Crippen molar-refractivity contribution in [2.45, 2.75) is 23.5 Å². The number of methoxy groups -OCH3 is 1. The highest BCUT2D eigenvalue weighted by Gasteiger charge is 2.32. The van der Waals surface area contributed by atoms with Crippen molar-refractivity contribution in [2.24, 2.45) is 5.92 Å². The number of halogens is 2. The Kier molecular flexibility index (Phi) is 9.07. The van der Waals surface area contributed by atoms with Crippen LogP contribution in [-0.2, 0) is 30.6 Å². The molecule has 4 rings (SSSR count). The summed E-state index contributed by atoms with van der Waals surface area (Å²) in [5.74, 6) is -0.355. The predicted molar refractivity (Wildman–Crippen MR) is 152 cm³/mol. The summed E-state index contributed by atoms with van der Waals surface area (Å²) >= 11 is 12.3. The Bertz CT molecular complexity index is 1520. The van der Waals surface area contributed by atoms with Gasteiger partial charge in [-0.3, -0.25) is 9.52 Å². The molecule has 0 saturated carbocycles. The number of benzene rings is 3. The Balaban J connectivity index is 1.32. The number of anilines is 2. The molecule has 9 nitrogen and oxygen atoms in total. The van der Waals surface area contributed by atoms with Crippen LogP contribution in [0.15, 0.2) is 71.6 Å². The maximum atomic E-state index is 12.9. The molecular formula is C26H27Cl2N3O6S2. The molecule has 0 aromatic heterocycles. The summed E-state index contributed by atoms with van der Waals surface area (Å²) in [7, 11) is -5.98. The van der Waals surface area contributed by atoms with E-state index in [9.17, 15) is 21.6 Å². The summed E-state index contributed by atoms with van der Waals surface area (Å²) in [5, 5.41) is 3.37. The van der Waals surface area contributed by atoms with Gasteiger partial charge in [-0.05, 0) is 73.5 Å². The standard InChI is InChI=1S/C26H27Cl2N3O6S2/c1-37-21-9-5-20(6-10-21)30-39(35,36)22-11-7-19(8-12-22)29-26(32)18-13-15-31(16-14-18)38(33,34)17-23-24(27)3-2-4-25(23)28/h2-12,18,30H,13-17H2,1H3,(H,29,32). The zero-order valence-electron chi connectivity index (χ0n) is 20.9. The molecule has 3 aromatic rings. The second-order valence-corrected chi connectivity index (χ2v) is 13.4. The summed E-state index contributed by atoms with van der Waals surface area (Å²) in [4.78, 5) is 12.9. The van der Waals surface area contributed by atoms with Crippen LogP contribution in [0.25, 0.3) is 0 Å². The molecule has 208 valence electrons. The lowest BCUT2D eigenvalue weighted by Crippen LogP contribution is -2.42. The average Bonchev–Trinajstić information content (AvgIpc) is 2.91. The molecule has 0 bridgehead atoms. The van der Waals surface area contributed by atoms with E-state index in [1.807, 2.05) is 0 Å². The van der Waals surface area contributed by atoms with Gasteiger partial charge in [0.1, 0.15) is 5.75 Å². The third-order valence-corrected chi connectivity index (χ3v) is 10.3. The zero-order valence-corrected chi connectivity index (χ0v) is 24.1. The molecule has 2 N–H and O–H groups in total. The van der Waals surface area contributed by atoms with Gasteiger partial charge in [0, 0.05) is 46.0 Å². The fourth-order valence-electron chi connectivity index (χ4n) is 4.17. The van der Waals surface area contributed by atoms with Gasteiger partial charge in [-0.2, -0.15) is 0 Å². The molecule has 0 atom stereocenters. The van der Waals surface area contributed by atoms with E-state index in [-0.39, 0.29) is 45.6 Å². The molecule has 0 spiro atoms. The van der Waals surface area contributed by atoms with Crippen LogP contribution in [0.2, 0.25) is 10.0 Å². The largest absolute Gasteiger partial charge is 0.497 e. The molecule has 1 fully saturated rings. The van der Waals surface area contributed by atoms with Crippen molar-refractivity contribution >= 4 is 60.5 Å². The van der Waals surface area contributed by atoms with E-state index in [4.69, 9.17) is 27.9 Å². The molecule has 1 saturated heterocycles. The van der Waals surface area contributed by atoms with Gasteiger partial charge in [0.25, 0.3) is 10.0 Å². The first-order valence-corrected chi connectivity index (χ1v) is 15.8. The van der Waals surface area contributed by atoms with Crippen molar-refractivity contribution in [3.63, 3.8) is 0 Å². The number of rotatable bonds is 9. The number of hydrogen-bond acceptors (Lipinski definition) is 6. The van der Waals surface area contributed by atoms with Gasteiger partial charge < -0.3 is 10.1 Å². The molecule has 39 heavy (non-hydrogen) atoms. The Morgan fingerprint density at radius 2 is 1.46 bits per heavy atom. The summed E-state index contributed by atoms with van der Waals surface area (Å²) in [5.41, 5.74) is 1.17. The Morgan fingerprint density at radius 1 is 0.897 bits per heavy atom. The molecule has 13 heteroatoms. The first-order valence-electron chi connectivity index (χ1n) is 12.0. The van der Waals surface area contributed by atoms with E-state index < -0.39 is 20.0 Å². The van der Waals surface area contributed by atoms with Crippen molar-refractivity contribution in [1.29, 1.82) is 0 Å². The van der Waals surface area contributed by atoms with Crippen molar-refractivity contribution in [3.8, 4) is 5.75 Å². The van der Waals surface area contributed by atoms with Gasteiger partial charge in [0.15, 0.2) is 0 Å². The Hall–Kier alpha value is -2.83. The van der Waals surface area contributed by atoms with E-state index in [1.165, 1.54) is 35.7 Å². The van der Waals surface area contributed by atoms with Gasteiger partial charge >= 0.3 is 0 Å². The topological polar surface area (TPSA) is 122 Å². The molecule has 3 aromatic carbocycles. The lowest BCUT2D eigenvalue weighted by atomic mass is 9.97. The Morgan fingerprint density at radius 3 is 2.03 bits per heavy atom. The molecule has 0 radical (unpaired) electrons. The van der Waals surface area contributed by atoms with E-state index in [2.05, 4.69) is 10.0 Å². The van der Waals surface area contributed by atoms with Gasteiger partial charge in [0.2, 0.25) is 15.9 Å². The molecule has 1 amide bonds. The molecule has 0 aliphatic carbocycles. The number of piperidine rings is 1. The second kappa shape index (κ2) is 12.1. The van der Waals surface area contributed by atoms with Gasteiger partial charge in [-0.25, -0.2) is 21.1 Å². The van der Waals surface area contributed by atoms with Crippen LogP contribution in [-0.4, -0.2) is 47.2 Å². The number of carbonyl (C=O) groups excluding carboxylic acids is 1. The predicted octanol–water partition coefficient (Wildman–Crippen LogP) is 4.98. The maximum absolute atomic E-state index is 12.9. The highest BCUT2D eigenvalue weighted by Crippen LogP contribution is 2.29. The van der Waals surface area contributed by atoms with E-state index in [0.717, 1.165) is 0 Å². The summed E-state index contributed by atoms with van der Waals surface area (Å²) in [6.45, 7) is 0.382. The SMILES string of the molecule is COc1ccc(NS(=O)(=O)c2ccc(NC(=O)C3CCN(S(=O)(=O)Cc4c(Cl)cccc4Cl)CC3)cc2)cc1. The van der Waals surface area contributed by atoms with Gasteiger partial charge in [0.05, 0.1) is 17.8 Å². The minimum Gasteiger partial charge on any atom is -0.497 e. The smallest absolute Gasteiger partial charge is 0.261 e. The van der Waals surface area contributed by atoms with Gasteiger partial charge in [-0.15, -0.1) is 0 Å². The normalized spacial score (nSPS) is 15.1. The van der Waals surface area contributed by atoms with Crippen LogP contribution >= 0.6 is 23.2 Å². The summed E-state index contributed by atoms with van der Waals surface area (Å²) < 4.78 is 60.2. The fourth-order valence-corrected chi connectivity index (χ4v) is 7.55. The van der Waals surface area contributed by atoms with E-state index in [1.54, 1.807) is 42.5 Å². The van der Waals surface area contributed by atoms with Crippen LogP contribution in [0, 0.1) is 5.92 Å². The van der Waals surface area contributed by atoms with Crippen LogP contribution in [0.3, 0.4) is 0 Å². The molecule has 0 unspecified atom stereocenters. The van der Waals surface area contributed by atoms with Gasteiger partial charge in [-0.1, -0.05) is 29.3 Å². The van der Waals surface area contributed by atoms with E-state index >= 15 is 0 Å². The number of hydrogen-bond donors (Lipinski definition) is 2. The van der Waals surface area contributed by atoms with Crippen molar-refractivity contribution < 1.29 is 26.4 Å². The first-order chi connectivity index (χ1) is 18.5. The molecule has 1 aliphatic heterocycles. The highest BCUT2D eigenvalue weighted by atomic mass is 35.5. The lowest BCUT2D eigenvalue weighted by Gasteiger charge is -2.30. The van der Waals surface area contributed by atoms with Crippen LogP contribution in [0.1, 0.15) is 18.4 Å². The number of sulfonamides is 2. The minimum atomic E-state index is -3.83. The van der Waals surface area contributed by atoms with Crippen molar-refractivity contribution in [2.75, 3.05) is 30.2 Å². The van der Waals surface area contributed by atoms with Crippen LogP contribution in [0.4, 0.5) is 11.4 Å². The minimum absolute atomic E-state index is 0.0356. The van der Waals surface area contributed by atoms with Crippen molar-refractivity contribution in [1.82, 2.24) is 4.31 Å². The summed E-state index contributed by atoms with van der Waals surface area (Å²) in [6.07, 6.45) is 0.694. The van der Waals surface area contributed by atoms with Crippen molar-refractivity contribution in [3.05, 3.63) is 82.3 Å². The third-order valence-electron chi connectivity index (χ3n) is 6.38. The number of carbonyl (C=O) groups is 1.